The Bertz CT molecular complexity index is 1240. The lowest BCUT2D eigenvalue weighted by atomic mass is 9.79. The number of halogens is 2. The van der Waals surface area contributed by atoms with Crippen LogP contribution < -0.4 is 5.46 Å². The van der Waals surface area contributed by atoms with Gasteiger partial charge in [-0.2, -0.15) is 0 Å². The van der Waals surface area contributed by atoms with E-state index in [2.05, 4.69) is 4.98 Å². The zero-order valence-electron chi connectivity index (χ0n) is 17.2. The maximum absolute atomic E-state index is 14.8. The molecule has 1 fully saturated rings. The molecule has 0 spiro atoms. The fourth-order valence-corrected chi connectivity index (χ4v) is 4.61. The predicted octanol–water partition coefficient (Wildman–Crippen LogP) is 3.16. The summed E-state index contributed by atoms with van der Waals surface area (Å²) < 4.78 is 68.1. The molecule has 2 aromatic heterocycles. The van der Waals surface area contributed by atoms with Crippen molar-refractivity contribution in [3.05, 3.63) is 53.9 Å². The van der Waals surface area contributed by atoms with Crippen molar-refractivity contribution in [2.24, 2.45) is 0 Å². The van der Waals surface area contributed by atoms with E-state index in [1.165, 1.54) is 18.3 Å². The van der Waals surface area contributed by atoms with Gasteiger partial charge < -0.3 is 9.31 Å². The summed E-state index contributed by atoms with van der Waals surface area (Å²) in [5.74, 6) is -2.40. The summed E-state index contributed by atoms with van der Waals surface area (Å²) in [5, 5.41) is -0.288. The molecule has 158 valence electrons. The average molecular weight is 434 g/mol. The second-order valence-electron chi connectivity index (χ2n) is 8.41. The topological polar surface area (TPSA) is 70.4 Å². The lowest BCUT2D eigenvalue weighted by Gasteiger charge is -2.32. The molecule has 3 heterocycles. The molecule has 1 aliphatic heterocycles. The van der Waals surface area contributed by atoms with Crippen LogP contribution in [0.25, 0.3) is 11.0 Å². The van der Waals surface area contributed by atoms with Crippen LogP contribution in [0.5, 0.6) is 0 Å². The minimum atomic E-state index is -4.12. The second-order valence-corrected chi connectivity index (χ2v) is 10.2. The molecule has 0 bridgehead atoms. The van der Waals surface area contributed by atoms with Crippen molar-refractivity contribution >= 4 is 33.6 Å². The summed E-state index contributed by atoms with van der Waals surface area (Å²) >= 11 is 0. The molecule has 0 unspecified atom stereocenters. The summed E-state index contributed by atoms with van der Waals surface area (Å²) in [4.78, 5) is 3.87. The highest BCUT2D eigenvalue weighted by Gasteiger charge is 2.53. The van der Waals surface area contributed by atoms with E-state index in [4.69, 9.17) is 9.31 Å². The maximum Gasteiger partial charge on any atom is 0.497 e. The van der Waals surface area contributed by atoms with Crippen molar-refractivity contribution in [1.82, 2.24) is 8.96 Å². The third-order valence-electron chi connectivity index (χ3n) is 5.79. The van der Waals surface area contributed by atoms with E-state index in [-0.39, 0.29) is 21.4 Å². The number of aryl methyl sites for hydroxylation is 1. The number of nitrogens with zero attached hydrogens (tertiary/aromatic N) is 2. The molecule has 0 N–H and O–H groups in total. The highest BCUT2D eigenvalue weighted by Crippen LogP contribution is 2.37. The third-order valence-corrected chi connectivity index (χ3v) is 7.46. The van der Waals surface area contributed by atoms with Crippen molar-refractivity contribution in [3.8, 4) is 0 Å². The smallest absolute Gasteiger partial charge is 0.399 e. The van der Waals surface area contributed by atoms with Gasteiger partial charge in [0, 0.05) is 11.7 Å². The first-order valence-electron chi connectivity index (χ1n) is 9.38. The van der Waals surface area contributed by atoms with Gasteiger partial charge >= 0.3 is 7.12 Å². The van der Waals surface area contributed by atoms with Gasteiger partial charge in [-0.15, -0.1) is 0 Å². The summed E-state index contributed by atoms with van der Waals surface area (Å²) in [5.41, 5.74) is -0.795. The van der Waals surface area contributed by atoms with Crippen molar-refractivity contribution < 1.29 is 26.5 Å². The summed E-state index contributed by atoms with van der Waals surface area (Å²) in [6.07, 6.45) is 1.85. The molecule has 0 amide bonds. The number of rotatable bonds is 3. The van der Waals surface area contributed by atoms with Gasteiger partial charge in [0.25, 0.3) is 10.0 Å². The van der Waals surface area contributed by atoms with E-state index >= 15 is 0 Å². The van der Waals surface area contributed by atoms with Crippen LogP contribution in [-0.4, -0.2) is 35.7 Å². The Hall–Kier alpha value is -2.30. The quantitative estimate of drug-likeness (QED) is 0.593. The molecule has 1 saturated heterocycles. The first-order valence-corrected chi connectivity index (χ1v) is 10.8. The lowest BCUT2D eigenvalue weighted by molar-refractivity contribution is 0.00578. The van der Waals surface area contributed by atoms with Crippen LogP contribution in [0.4, 0.5) is 8.78 Å². The van der Waals surface area contributed by atoms with Crippen molar-refractivity contribution in [2.75, 3.05) is 0 Å². The summed E-state index contributed by atoms with van der Waals surface area (Å²) in [6.45, 7) is 9.07. The van der Waals surface area contributed by atoms with Crippen LogP contribution in [0, 0.1) is 18.6 Å². The molecule has 6 nitrogen and oxygen atoms in total. The summed E-state index contributed by atoms with van der Waals surface area (Å²) in [7, 11) is -5.22. The minimum absolute atomic E-state index is 0.00278. The Morgan fingerprint density at radius 1 is 1.03 bits per heavy atom. The van der Waals surface area contributed by atoms with Crippen molar-refractivity contribution in [3.63, 3.8) is 0 Å². The van der Waals surface area contributed by atoms with E-state index in [0.717, 1.165) is 9.54 Å². The minimum Gasteiger partial charge on any atom is -0.399 e. The first-order chi connectivity index (χ1) is 13.8. The molecular formula is C20H21BF2N2O4S. The van der Waals surface area contributed by atoms with Gasteiger partial charge in [-0.3, -0.25) is 0 Å². The molecule has 0 radical (unpaired) electrons. The van der Waals surface area contributed by atoms with E-state index < -0.39 is 40.0 Å². The SMILES string of the molecule is Cc1ccc(S(=O)(=O)n2cc(B3OC(C)(C)C(C)(C)O3)c3c(F)c(F)cnc32)cc1. The highest BCUT2D eigenvalue weighted by molar-refractivity contribution is 7.90. The van der Waals surface area contributed by atoms with E-state index in [1.54, 1.807) is 12.1 Å². The number of aromatic nitrogens is 2. The summed E-state index contributed by atoms with van der Waals surface area (Å²) in [6, 6.07) is 6.21. The molecule has 4 rings (SSSR count). The lowest BCUT2D eigenvalue weighted by Crippen LogP contribution is -2.41. The molecule has 1 aliphatic rings. The van der Waals surface area contributed by atoms with E-state index in [9.17, 15) is 17.2 Å². The highest BCUT2D eigenvalue weighted by atomic mass is 32.2. The molecule has 0 aliphatic carbocycles. The number of fused-ring (bicyclic) bond motifs is 1. The normalized spacial score (nSPS) is 18.3. The Balaban J connectivity index is 1.96. The van der Waals surface area contributed by atoms with Gasteiger partial charge in [-0.05, 0) is 46.8 Å². The van der Waals surface area contributed by atoms with Gasteiger partial charge in [0.15, 0.2) is 17.3 Å². The van der Waals surface area contributed by atoms with Gasteiger partial charge in [0.2, 0.25) is 0 Å². The van der Waals surface area contributed by atoms with Crippen LogP contribution in [0.3, 0.4) is 0 Å². The average Bonchev–Trinajstić information content (AvgIpc) is 3.14. The Labute approximate surface area is 174 Å². The van der Waals surface area contributed by atoms with Crippen LogP contribution >= 0.6 is 0 Å². The van der Waals surface area contributed by atoms with Gasteiger partial charge in [-0.1, -0.05) is 17.7 Å². The third kappa shape index (κ3) is 3.05. The van der Waals surface area contributed by atoms with Crippen LogP contribution in [-0.2, 0) is 19.3 Å². The van der Waals surface area contributed by atoms with Crippen LogP contribution in [0.15, 0.2) is 41.6 Å². The Morgan fingerprint density at radius 2 is 1.60 bits per heavy atom. The molecule has 0 atom stereocenters. The zero-order chi connectivity index (χ0) is 22.1. The largest absolute Gasteiger partial charge is 0.497 e. The number of hydrogen-bond donors (Lipinski definition) is 0. The molecule has 10 heteroatoms. The standard InChI is InChI=1S/C20H21BF2N2O4S/c1-12-6-8-13(9-7-12)30(26,27)25-11-14(16-17(23)15(22)10-24-18(16)25)21-28-19(2,3)20(4,5)29-21/h6-11H,1-5H3. The molecule has 30 heavy (non-hydrogen) atoms. The van der Waals surface area contributed by atoms with Crippen molar-refractivity contribution in [1.29, 1.82) is 0 Å². The molecule has 1 aromatic carbocycles. The van der Waals surface area contributed by atoms with Crippen LogP contribution in [0.1, 0.15) is 33.3 Å². The molecular weight excluding hydrogens is 413 g/mol. The number of hydrogen-bond acceptors (Lipinski definition) is 5. The monoisotopic (exact) mass is 434 g/mol. The molecule has 0 saturated carbocycles. The zero-order valence-corrected chi connectivity index (χ0v) is 18.0. The Kier molecular flexibility index (Phi) is 4.61. The predicted molar refractivity (Wildman–Crippen MR) is 109 cm³/mol. The first kappa shape index (κ1) is 21.0. The fraction of sp³-hybridized carbons (Fsp3) is 0.350. The van der Waals surface area contributed by atoms with Crippen LogP contribution in [0.2, 0.25) is 0 Å². The van der Waals surface area contributed by atoms with Gasteiger partial charge in [-0.25, -0.2) is 26.2 Å². The van der Waals surface area contributed by atoms with E-state index in [0.29, 0.717) is 6.20 Å². The number of benzene rings is 1. The number of pyridine rings is 1. The fourth-order valence-electron chi connectivity index (χ4n) is 3.29. The van der Waals surface area contributed by atoms with Gasteiger partial charge in [0.1, 0.15) is 0 Å². The Morgan fingerprint density at radius 3 is 2.17 bits per heavy atom. The second kappa shape index (κ2) is 6.60. The molecule has 3 aromatic rings. The maximum atomic E-state index is 14.8. The van der Waals surface area contributed by atoms with E-state index in [1.807, 2.05) is 34.6 Å². The van der Waals surface area contributed by atoms with Crippen molar-refractivity contribution in [2.45, 2.75) is 50.7 Å². The van der Waals surface area contributed by atoms with Gasteiger partial charge in [0.05, 0.1) is 27.7 Å².